The first-order valence-electron chi connectivity index (χ1n) is 8.71. The molecule has 1 fully saturated rings. The molecule has 0 aliphatic carbocycles. The largest absolute Gasteiger partial charge is 0.490 e. The number of phosphoric ester groups is 1. The van der Waals surface area contributed by atoms with Crippen LogP contribution < -0.4 is 11.3 Å². The maximum absolute atomic E-state index is 13.9. The van der Waals surface area contributed by atoms with E-state index in [1.165, 1.54) is 12.3 Å². The summed E-state index contributed by atoms with van der Waals surface area (Å²) in [6.45, 7) is -2.50. The lowest BCUT2D eigenvalue weighted by atomic mass is 10.0. The van der Waals surface area contributed by atoms with Crippen molar-refractivity contribution >= 4 is 52.1 Å². The van der Waals surface area contributed by atoms with Crippen molar-refractivity contribution in [1.29, 1.82) is 0 Å². The molecule has 0 amide bonds. The Kier molecular flexibility index (Phi) is 7.51. The number of hydrogen-bond donors (Lipinski definition) is 7. The third-order valence-corrected chi connectivity index (χ3v) is 8.75. The maximum Gasteiger partial charge on any atom is 0.490 e. The van der Waals surface area contributed by atoms with E-state index in [-0.39, 0.29) is 17.0 Å². The number of fused-ring (bicyclic) bond motifs is 1. The molecule has 0 radical (unpaired) electrons. The number of aromatic nitrogens is 3. The molecule has 0 bridgehead atoms. The molecule has 8 N–H and O–H groups in total. The number of nitrogens with zero attached hydrogens (tertiary/aromatic N) is 2. The number of alkyl halides is 2. The second-order valence-corrected chi connectivity index (χ2v) is 12.0. The van der Waals surface area contributed by atoms with Crippen LogP contribution in [-0.2, 0) is 31.6 Å². The van der Waals surface area contributed by atoms with Crippen LogP contribution in [0.4, 0.5) is 10.3 Å². The minimum atomic E-state index is -5.78. The summed E-state index contributed by atoms with van der Waals surface area (Å²) in [6, 6.07) is 1.28. The molecule has 17 nitrogen and oxygen atoms in total. The molecule has 0 aromatic carbocycles. The van der Waals surface area contributed by atoms with Crippen molar-refractivity contribution in [3.63, 3.8) is 0 Å². The van der Waals surface area contributed by atoms with Gasteiger partial charge in [0.1, 0.15) is 23.8 Å². The second-order valence-electron chi connectivity index (χ2n) is 6.83. The Hall–Kier alpha value is -1.23. The molecule has 1 saturated heterocycles. The first kappa shape index (κ1) is 27.4. The summed E-state index contributed by atoms with van der Waals surface area (Å²) in [6.07, 6.45) is -3.90. The van der Waals surface area contributed by atoms with Crippen LogP contribution in [0, 0.1) is 0 Å². The van der Waals surface area contributed by atoms with Crippen LogP contribution in [0.15, 0.2) is 17.1 Å². The van der Waals surface area contributed by atoms with Crippen LogP contribution >= 0.6 is 35.1 Å². The Morgan fingerprint density at radius 1 is 1.26 bits per heavy atom. The summed E-state index contributed by atoms with van der Waals surface area (Å²) in [7, 11) is -16.9. The van der Waals surface area contributed by atoms with E-state index in [9.17, 15) is 37.8 Å². The van der Waals surface area contributed by atoms with Crippen molar-refractivity contribution in [2.75, 3.05) is 19.0 Å². The fraction of sp³-hybridized carbons (Fsp3) is 0.500. The van der Waals surface area contributed by atoms with Gasteiger partial charge in [-0.2, -0.15) is 13.6 Å². The molecule has 3 unspecified atom stereocenters. The molecule has 22 heteroatoms. The molecular formula is C12H17ClFN4O13P3. The summed E-state index contributed by atoms with van der Waals surface area (Å²) < 4.78 is 66.0. The van der Waals surface area contributed by atoms with Crippen LogP contribution in [0.2, 0.25) is 0 Å². The number of nitrogens with one attached hydrogen (secondary N) is 1. The summed E-state index contributed by atoms with van der Waals surface area (Å²) in [4.78, 5) is 51.7. The number of aliphatic hydroxyl groups excluding tert-OH is 1. The van der Waals surface area contributed by atoms with Gasteiger partial charge < -0.3 is 39.7 Å². The zero-order valence-corrected chi connectivity index (χ0v) is 19.8. The molecule has 0 saturated carbocycles. The van der Waals surface area contributed by atoms with Crippen molar-refractivity contribution in [2.45, 2.75) is 23.3 Å². The number of phosphoric acid groups is 3. The minimum Gasteiger partial charge on any atom is -0.388 e. The van der Waals surface area contributed by atoms with Crippen LogP contribution in [0.25, 0.3) is 11.0 Å². The zero-order chi connectivity index (χ0) is 25.7. The number of aromatic amines is 1. The van der Waals surface area contributed by atoms with Gasteiger partial charge in [-0.05, 0) is 6.07 Å². The van der Waals surface area contributed by atoms with E-state index >= 15 is 0 Å². The van der Waals surface area contributed by atoms with Gasteiger partial charge in [-0.3, -0.25) is 14.3 Å². The Morgan fingerprint density at radius 3 is 2.50 bits per heavy atom. The normalized spacial score (nSPS) is 29.2. The number of anilines is 1. The molecule has 2 aromatic heterocycles. The highest BCUT2D eigenvalue weighted by molar-refractivity contribution is 7.66. The molecule has 1 aliphatic rings. The average molecular weight is 573 g/mol. The van der Waals surface area contributed by atoms with Gasteiger partial charge in [0.2, 0.25) is 5.95 Å². The first-order chi connectivity index (χ1) is 15.5. The number of H-pyrrole nitrogens is 1. The number of hydrogen-bond acceptors (Lipinski definition) is 11. The third-order valence-electron chi connectivity index (χ3n) is 4.43. The van der Waals surface area contributed by atoms with E-state index in [1.807, 2.05) is 0 Å². The van der Waals surface area contributed by atoms with Crippen LogP contribution in [0.3, 0.4) is 0 Å². The monoisotopic (exact) mass is 572 g/mol. The Labute approximate surface area is 192 Å². The predicted molar refractivity (Wildman–Crippen MR) is 109 cm³/mol. The SMILES string of the molecule is Nc1nc2c(ccn2[C@@H]2O[C@H](COP(=O)(O)OP(=O)(O)OP(=O)(O)O)[C@H](O)C2(Cl)CF)c(=O)[nH]1. The van der Waals surface area contributed by atoms with E-state index < -0.39 is 65.6 Å². The van der Waals surface area contributed by atoms with Crippen molar-refractivity contribution < 1.29 is 60.6 Å². The van der Waals surface area contributed by atoms with Gasteiger partial charge in [-0.15, -0.1) is 11.6 Å². The van der Waals surface area contributed by atoms with E-state index in [4.69, 9.17) is 31.9 Å². The van der Waals surface area contributed by atoms with Crippen LogP contribution in [-0.4, -0.2) is 69.6 Å². The molecule has 192 valence electrons. The maximum atomic E-state index is 13.9. The fourth-order valence-electron chi connectivity index (χ4n) is 3.10. The third kappa shape index (κ3) is 5.77. The van der Waals surface area contributed by atoms with Gasteiger partial charge in [-0.25, -0.2) is 18.1 Å². The number of rotatable bonds is 9. The lowest BCUT2D eigenvalue weighted by molar-refractivity contribution is -0.0436. The van der Waals surface area contributed by atoms with Gasteiger partial charge >= 0.3 is 23.5 Å². The molecule has 1 aliphatic heterocycles. The van der Waals surface area contributed by atoms with Crippen molar-refractivity contribution in [1.82, 2.24) is 14.5 Å². The highest BCUT2D eigenvalue weighted by Crippen LogP contribution is 2.66. The highest BCUT2D eigenvalue weighted by atomic mass is 35.5. The van der Waals surface area contributed by atoms with Crippen molar-refractivity contribution in [3.8, 4) is 0 Å². The molecule has 2 aromatic rings. The zero-order valence-electron chi connectivity index (χ0n) is 16.4. The molecule has 3 rings (SSSR count). The van der Waals surface area contributed by atoms with Gasteiger partial charge in [0.25, 0.3) is 5.56 Å². The lowest BCUT2D eigenvalue weighted by Crippen LogP contribution is -2.44. The summed E-state index contributed by atoms with van der Waals surface area (Å²) in [5.74, 6) is -0.291. The molecule has 0 spiro atoms. The summed E-state index contributed by atoms with van der Waals surface area (Å²) >= 11 is 6.24. The molecule has 3 heterocycles. The number of ether oxygens (including phenoxy) is 1. The summed E-state index contributed by atoms with van der Waals surface area (Å²) in [5.41, 5.74) is 4.79. The van der Waals surface area contributed by atoms with Gasteiger partial charge in [-0.1, -0.05) is 0 Å². The molecular weight excluding hydrogens is 556 g/mol. The Balaban J connectivity index is 1.82. The quantitative estimate of drug-likeness (QED) is 0.152. The van der Waals surface area contributed by atoms with E-state index in [2.05, 4.69) is 23.1 Å². The number of halogens is 2. The Bertz CT molecular complexity index is 1280. The number of nitrogens with two attached hydrogens (primary N) is 1. The van der Waals surface area contributed by atoms with Gasteiger partial charge in [0.05, 0.1) is 12.0 Å². The van der Waals surface area contributed by atoms with Crippen molar-refractivity contribution in [3.05, 3.63) is 22.6 Å². The average Bonchev–Trinajstić information content (AvgIpc) is 3.17. The standard InChI is InChI=1S/C12H17ClFN4O13P3/c13-12(4-14)7(19)6(3-28-33(24,25)31-34(26,27)30-32(21,22)23)29-10(12)18-2-1-5-8(18)16-11(15)17-9(5)20/h1-2,6-7,10,19H,3-4H2,(H,24,25)(H,26,27)(H2,21,22,23)(H3,15,16,17,20)/t6-,7+,10-,12?/m1/s1. The number of nitrogen functional groups attached to an aromatic ring is 1. The van der Waals surface area contributed by atoms with E-state index in [0.717, 1.165) is 4.57 Å². The smallest absolute Gasteiger partial charge is 0.388 e. The number of aliphatic hydroxyl groups is 1. The van der Waals surface area contributed by atoms with Gasteiger partial charge in [0.15, 0.2) is 11.9 Å². The topological polar surface area (TPSA) is 266 Å². The van der Waals surface area contributed by atoms with Gasteiger partial charge in [0, 0.05) is 6.20 Å². The van der Waals surface area contributed by atoms with Crippen LogP contribution in [0.1, 0.15) is 6.23 Å². The minimum absolute atomic E-state index is 0.0156. The van der Waals surface area contributed by atoms with Crippen LogP contribution in [0.5, 0.6) is 0 Å². The molecule has 34 heavy (non-hydrogen) atoms. The molecule has 6 atom stereocenters. The van der Waals surface area contributed by atoms with E-state index in [0.29, 0.717) is 0 Å². The van der Waals surface area contributed by atoms with Crippen molar-refractivity contribution in [2.24, 2.45) is 0 Å². The Morgan fingerprint density at radius 2 is 1.91 bits per heavy atom. The van der Waals surface area contributed by atoms with E-state index in [1.54, 1.807) is 0 Å². The predicted octanol–water partition coefficient (Wildman–Crippen LogP) is -0.145. The second kappa shape index (κ2) is 9.33. The lowest BCUT2D eigenvalue weighted by Gasteiger charge is -2.28. The first-order valence-corrected chi connectivity index (χ1v) is 13.6. The summed E-state index contributed by atoms with van der Waals surface area (Å²) in [5, 5.41) is 10.5. The highest BCUT2D eigenvalue weighted by Gasteiger charge is 2.57. The fourth-order valence-corrected chi connectivity index (χ4v) is 6.43.